The van der Waals surface area contributed by atoms with Gasteiger partial charge in [-0.1, -0.05) is 85.6 Å². The fourth-order valence-electron chi connectivity index (χ4n) is 4.54. The van der Waals surface area contributed by atoms with Crippen LogP contribution in [-0.4, -0.2) is 13.2 Å². The molecule has 1 aliphatic carbocycles. The molecule has 1 aliphatic rings. The molecule has 0 spiro atoms. The van der Waals surface area contributed by atoms with Crippen molar-refractivity contribution in [3.63, 3.8) is 0 Å². The zero-order valence-electron chi connectivity index (χ0n) is 21.0. The average molecular weight is 397 g/mol. The van der Waals surface area contributed by atoms with E-state index in [0.717, 1.165) is 19.1 Å². The molecule has 0 N–H and O–H groups in total. The molecule has 170 valence electrons. The first-order valence-electron chi connectivity index (χ1n) is 12.8. The minimum Gasteiger partial charge on any atom is -0.381 e. The van der Waals surface area contributed by atoms with Crippen LogP contribution in [0.1, 0.15) is 138 Å². The Labute approximate surface area is 180 Å². The average Bonchev–Trinajstić information content (AvgIpc) is 2.69. The van der Waals surface area contributed by atoms with Crippen LogP contribution in [0.15, 0.2) is 12.2 Å². The second-order valence-corrected chi connectivity index (χ2v) is 8.85. The lowest BCUT2D eigenvalue weighted by molar-refractivity contribution is 0.0887. The van der Waals surface area contributed by atoms with Crippen molar-refractivity contribution in [2.45, 2.75) is 138 Å². The van der Waals surface area contributed by atoms with E-state index in [-0.39, 0.29) is 0 Å². The summed E-state index contributed by atoms with van der Waals surface area (Å²) >= 11 is 0. The van der Waals surface area contributed by atoms with Gasteiger partial charge >= 0.3 is 0 Å². The van der Waals surface area contributed by atoms with Crippen LogP contribution >= 0.6 is 0 Å². The summed E-state index contributed by atoms with van der Waals surface area (Å²) in [7, 11) is 0. The maximum absolute atomic E-state index is 5.91. The predicted octanol–water partition coefficient (Wildman–Crippen LogP) is 9.75. The van der Waals surface area contributed by atoms with Gasteiger partial charge in [-0.25, -0.2) is 0 Å². The largest absolute Gasteiger partial charge is 0.381 e. The van der Waals surface area contributed by atoms with Crippen LogP contribution in [0.25, 0.3) is 0 Å². The summed E-state index contributed by atoms with van der Waals surface area (Å²) in [4.78, 5) is 0. The molecule has 1 rings (SSSR count). The van der Waals surface area contributed by atoms with Gasteiger partial charge in [0, 0.05) is 13.2 Å². The highest BCUT2D eigenvalue weighted by Crippen LogP contribution is 2.44. The van der Waals surface area contributed by atoms with Crippen molar-refractivity contribution in [2.75, 3.05) is 13.2 Å². The Morgan fingerprint density at radius 1 is 0.821 bits per heavy atom. The lowest BCUT2D eigenvalue weighted by Gasteiger charge is -2.39. The standard InChI is InChI=1S/C23H44O.2C2H6/c1-21(2)14-9-6-5-7-12-18-24-19-13-17-23(20-22(3)4)15-10-8-11-16-23;2*1-2/h22H,1,5-20H2,2-4H3;2*1-2H3. The lowest BCUT2D eigenvalue weighted by atomic mass is 9.67. The third-order valence-electron chi connectivity index (χ3n) is 5.64. The molecule has 1 nitrogen and oxygen atoms in total. The molecule has 1 fully saturated rings. The molecule has 0 radical (unpaired) electrons. The first-order chi connectivity index (χ1) is 13.5. The molecule has 0 saturated heterocycles. The van der Waals surface area contributed by atoms with E-state index in [1.54, 1.807) is 0 Å². The highest BCUT2D eigenvalue weighted by molar-refractivity contribution is 4.87. The van der Waals surface area contributed by atoms with Gasteiger partial charge in [-0.3, -0.25) is 0 Å². The highest BCUT2D eigenvalue weighted by atomic mass is 16.5. The molecular weight excluding hydrogens is 340 g/mol. The summed E-state index contributed by atoms with van der Waals surface area (Å²) in [5, 5.41) is 0. The molecule has 0 heterocycles. The summed E-state index contributed by atoms with van der Waals surface area (Å²) in [5.41, 5.74) is 1.98. The Morgan fingerprint density at radius 3 is 1.93 bits per heavy atom. The van der Waals surface area contributed by atoms with Crippen molar-refractivity contribution in [3.05, 3.63) is 12.2 Å². The number of allylic oxidation sites excluding steroid dienone is 1. The third-order valence-corrected chi connectivity index (χ3v) is 5.64. The molecule has 0 aromatic rings. The van der Waals surface area contributed by atoms with Gasteiger partial charge in [0.1, 0.15) is 0 Å². The zero-order valence-corrected chi connectivity index (χ0v) is 21.0. The number of hydrogen-bond acceptors (Lipinski definition) is 1. The predicted molar refractivity (Wildman–Crippen MR) is 130 cm³/mol. The van der Waals surface area contributed by atoms with E-state index >= 15 is 0 Å². The van der Waals surface area contributed by atoms with Crippen molar-refractivity contribution in [1.29, 1.82) is 0 Å². The van der Waals surface area contributed by atoms with E-state index in [2.05, 4.69) is 27.4 Å². The van der Waals surface area contributed by atoms with Gasteiger partial charge < -0.3 is 4.74 Å². The molecule has 1 heteroatoms. The number of ether oxygens (including phenoxy) is 1. The Bertz CT molecular complexity index is 312. The minimum absolute atomic E-state index is 0.652. The van der Waals surface area contributed by atoms with Crippen LogP contribution in [0.3, 0.4) is 0 Å². The molecule has 0 bridgehead atoms. The molecule has 0 aromatic heterocycles. The smallest absolute Gasteiger partial charge is 0.0466 e. The molecule has 28 heavy (non-hydrogen) atoms. The van der Waals surface area contributed by atoms with Gasteiger partial charge in [-0.05, 0) is 69.6 Å². The Balaban J connectivity index is 0. The molecule has 0 aromatic carbocycles. The summed E-state index contributed by atoms with van der Waals surface area (Å²) < 4.78 is 5.91. The van der Waals surface area contributed by atoms with Crippen molar-refractivity contribution in [3.8, 4) is 0 Å². The van der Waals surface area contributed by atoms with Crippen LogP contribution in [0.5, 0.6) is 0 Å². The third kappa shape index (κ3) is 17.8. The Hall–Kier alpha value is -0.300. The molecule has 1 saturated carbocycles. The van der Waals surface area contributed by atoms with Gasteiger partial charge in [-0.2, -0.15) is 0 Å². The quantitative estimate of drug-likeness (QED) is 0.210. The van der Waals surface area contributed by atoms with Gasteiger partial charge in [-0.15, -0.1) is 6.58 Å². The fourth-order valence-corrected chi connectivity index (χ4v) is 4.54. The van der Waals surface area contributed by atoms with Crippen LogP contribution in [0.4, 0.5) is 0 Å². The maximum atomic E-state index is 5.91. The molecule has 0 atom stereocenters. The van der Waals surface area contributed by atoms with Crippen LogP contribution < -0.4 is 0 Å². The first kappa shape index (κ1) is 29.9. The SMILES string of the molecule is C=C(C)CCCCCCCOCCCC1(CC(C)C)CCCCC1.CC.CC. The van der Waals surface area contributed by atoms with E-state index in [0.29, 0.717) is 5.41 Å². The summed E-state index contributed by atoms with van der Waals surface area (Å²) in [5.74, 6) is 0.842. The zero-order chi connectivity index (χ0) is 21.7. The van der Waals surface area contributed by atoms with Crippen molar-refractivity contribution in [2.24, 2.45) is 11.3 Å². The number of rotatable bonds is 14. The normalized spacial score (nSPS) is 15.3. The number of unbranched alkanes of at least 4 members (excludes halogenated alkanes) is 4. The van der Waals surface area contributed by atoms with E-state index in [1.807, 2.05) is 27.7 Å². The van der Waals surface area contributed by atoms with Crippen molar-refractivity contribution < 1.29 is 4.74 Å². The fraction of sp³-hybridized carbons (Fsp3) is 0.926. The topological polar surface area (TPSA) is 9.23 Å². The van der Waals surface area contributed by atoms with E-state index in [1.165, 1.54) is 95.5 Å². The molecular formula is C27H56O. The summed E-state index contributed by atoms with van der Waals surface area (Å²) in [6, 6.07) is 0. The van der Waals surface area contributed by atoms with Crippen molar-refractivity contribution in [1.82, 2.24) is 0 Å². The molecule has 0 amide bonds. The first-order valence-corrected chi connectivity index (χ1v) is 12.8. The highest BCUT2D eigenvalue weighted by Gasteiger charge is 2.31. The second-order valence-electron chi connectivity index (χ2n) is 8.85. The van der Waals surface area contributed by atoms with Crippen LogP contribution in [0, 0.1) is 11.3 Å². The van der Waals surface area contributed by atoms with Gasteiger partial charge in [0.15, 0.2) is 0 Å². The maximum Gasteiger partial charge on any atom is 0.0466 e. The van der Waals surface area contributed by atoms with Crippen molar-refractivity contribution >= 4 is 0 Å². The Morgan fingerprint density at radius 2 is 1.36 bits per heavy atom. The van der Waals surface area contributed by atoms with E-state index < -0.39 is 0 Å². The number of hydrogen-bond donors (Lipinski definition) is 0. The molecule has 0 unspecified atom stereocenters. The monoisotopic (exact) mass is 396 g/mol. The van der Waals surface area contributed by atoms with Crippen LogP contribution in [0.2, 0.25) is 0 Å². The summed E-state index contributed by atoms with van der Waals surface area (Å²) in [6.07, 6.45) is 19.2. The minimum atomic E-state index is 0.652. The molecule has 0 aliphatic heterocycles. The van der Waals surface area contributed by atoms with Crippen LogP contribution in [-0.2, 0) is 4.74 Å². The second kappa shape index (κ2) is 21.4. The Kier molecular flexibility index (Phi) is 22.9. The van der Waals surface area contributed by atoms with E-state index in [4.69, 9.17) is 4.74 Å². The van der Waals surface area contributed by atoms with Gasteiger partial charge in [0.05, 0.1) is 0 Å². The van der Waals surface area contributed by atoms with E-state index in [9.17, 15) is 0 Å². The van der Waals surface area contributed by atoms with Gasteiger partial charge in [0.2, 0.25) is 0 Å². The van der Waals surface area contributed by atoms with Gasteiger partial charge in [0.25, 0.3) is 0 Å². The lowest BCUT2D eigenvalue weighted by Crippen LogP contribution is -2.26. The summed E-state index contributed by atoms with van der Waals surface area (Å²) in [6.45, 7) is 20.8.